The number of nitrogens with zero attached hydrogens (tertiary/aromatic N) is 2. The number of hydrogen-bond acceptors (Lipinski definition) is 6. The summed E-state index contributed by atoms with van der Waals surface area (Å²) in [6.07, 6.45) is 1.38. The van der Waals surface area contributed by atoms with Crippen LogP contribution in [0.15, 0.2) is 47.1 Å². The van der Waals surface area contributed by atoms with E-state index in [-0.39, 0.29) is 28.1 Å². The zero-order valence-corrected chi connectivity index (χ0v) is 14.7. The van der Waals surface area contributed by atoms with Gasteiger partial charge < -0.3 is 9.47 Å². The van der Waals surface area contributed by atoms with E-state index in [4.69, 9.17) is 32.7 Å². The number of carbonyl (C=O) groups is 1. The van der Waals surface area contributed by atoms with Gasteiger partial charge in [0.25, 0.3) is 0 Å². The number of cyclic esters (lactones) is 1. The molecular formula is C17H10Cl2N2O5. The Morgan fingerprint density at radius 3 is 2.65 bits per heavy atom. The molecule has 26 heavy (non-hydrogen) atoms. The average Bonchev–Trinajstić information content (AvgIpc) is 2.95. The number of benzene rings is 2. The second-order valence-electron chi connectivity index (χ2n) is 5.15. The summed E-state index contributed by atoms with van der Waals surface area (Å²) in [5.41, 5.74) is 0.578. The Labute approximate surface area is 157 Å². The SMILES string of the molecule is COc1ccc(/C=C2/N=C(c3ccc(Cl)cc3Cl)OC2=O)cc1[N+](=O)[O-]. The largest absolute Gasteiger partial charge is 0.490 e. The van der Waals surface area contributed by atoms with Crippen LogP contribution >= 0.6 is 23.2 Å². The second-order valence-corrected chi connectivity index (χ2v) is 5.99. The van der Waals surface area contributed by atoms with Crippen LogP contribution in [0.5, 0.6) is 5.75 Å². The van der Waals surface area contributed by atoms with Crippen LogP contribution in [-0.2, 0) is 9.53 Å². The van der Waals surface area contributed by atoms with E-state index >= 15 is 0 Å². The van der Waals surface area contributed by atoms with Gasteiger partial charge in [0.15, 0.2) is 11.4 Å². The molecule has 9 heteroatoms. The Hall–Kier alpha value is -2.90. The van der Waals surface area contributed by atoms with Gasteiger partial charge in [0.1, 0.15) is 0 Å². The molecule has 2 aromatic carbocycles. The summed E-state index contributed by atoms with van der Waals surface area (Å²) in [6, 6.07) is 8.96. The van der Waals surface area contributed by atoms with Crippen LogP contribution in [0, 0.1) is 10.1 Å². The number of nitro groups is 1. The normalized spacial score (nSPS) is 15.0. The van der Waals surface area contributed by atoms with E-state index in [1.165, 1.54) is 31.4 Å². The molecule has 0 aromatic heterocycles. The minimum absolute atomic E-state index is 0.00881. The number of halogens is 2. The van der Waals surface area contributed by atoms with Crippen molar-refractivity contribution in [1.82, 2.24) is 0 Å². The monoisotopic (exact) mass is 392 g/mol. The average molecular weight is 393 g/mol. The van der Waals surface area contributed by atoms with Crippen LogP contribution in [0.25, 0.3) is 6.08 Å². The minimum Gasteiger partial charge on any atom is -0.490 e. The van der Waals surface area contributed by atoms with Crippen molar-refractivity contribution in [3.63, 3.8) is 0 Å². The highest BCUT2D eigenvalue weighted by Gasteiger charge is 2.26. The van der Waals surface area contributed by atoms with Gasteiger partial charge in [-0.05, 0) is 35.9 Å². The molecule has 0 aliphatic carbocycles. The van der Waals surface area contributed by atoms with E-state index in [1.54, 1.807) is 18.2 Å². The van der Waals surface area contributed by atoms with Crippen molar-refractivity contribution in [2.45, 2.75) is 0 Å². The summed E-state index contributed by atoms with van der Waals surface area (Å²) >= 11 is 11.9. The zero-order valence-electron chi connectivity index (χ0n) is 13.2. The van der Waals surface area contributed by atoms with Crippen molar-refractivity contribution in [3.05, 3.63) is 73.4 Å². The Bertz CT molecular complexity index is 985. The highest BCUT2D eigenvalue weighted by Crippen LogP contribution is 2.30. The fourth-order valence-corrected chi connectivity index (χ4v) is 2.77. The summed E-state index contributed by atoms with van der Waals surface area (Å²) in [5.74, 6) is -0.543. The molecule has 3 rings (SSSR count). The summed E-state index contributed by atoms with van der Waals surface area (Å²) < 4.78 is 10.1. The lowest BCUT2D eigenvalue weighted by atomic mass is 10.1. The molecule has 7 nitrogen and oxygen atoms in total. The topological polar surface area (TPSA) is 91.0 Å². The molecule has 1 heterocycles. The van der Waals surface area contributed by atoms with E-state index in [2.05, 4.69) is 4.99 Å². The molecule has 132 valence electrons. The van der Waals surface area contributed by atoms with Crippen molar-refractivity contribution in [2.75, 3.05) is 7.11 Å². The van der Waals surface area contributed by atoms with Crippen molar-refractivity contribution in [1.29, 1.82) is 0 Å². The first-order valence-corrected chi connectivity index (χ1v) is 7.95. The first-order chi connectivity index (χ1) is 12.4. The van der Waals surface area contributed by atoms with Crippen LogP contribution in [0.4, 0.5) is 5.69 Å². The molecule has 0 spiro atoms. The van der Waals surface area contributed by atoms with Gasteiger partial charge in [-0.1, -0.05) is 29.3 Å². The number of esters is 1. The van der Waals surface area contributed by atoms with E-state index in [9.17, 15) is 14.9 Å². The molecule has 2 aromatic rings. The van der Waals surface area contributed by atoms with E-state index < -0.39 is 10.9 Å². The van der Waals surface area contributed by atoms with Crippen molar-refractivity contribution in [2.24, 2.45) is 4.99 Å². The molecule has 1 aliphatic rings. The first kappa shape index (κ1) is 17.9. The third kappa shape index (κ3) is 3.54. The molecule has 0 radical (unpaired) electrons. The standard InChI is InChI=1S/C17H10Cl2N2O5/c1-25-15-5-2-9(7-14(15)21(23)24)6-13-17(22)26-16(20-13)11-4-3-10(18)8-12(11)19/h2-8H,1H3/b13-6+. The number of carbonyl (C=O) groups excluding carboxylic acids is 1. The molecule has 0 N–H and O–H groups in total. The van der Waals surface area contributed by atoms with Crippen molar-refractivity contribution >= 4 is 46.8 Å². The van der Waals surface area contributed by atoms with Gasteiger partial charge in [-0.25, -0.2) is 9.79 Å². The molecule has 0 saturated carbocycles. The quantitative estimate of drug-likeness (QED) is 0.335. The Kier molecular flexibility index (Phi) is 4.92. The zero-order chi connectivity index (χ0) is 18.8. The summed E-state index contributed by atoms with van der Waals surface area (Å²) in [6.45, 7) is 0. The Morgan fingerprint density at radius 2 is 2.00 bits per heavy atom. The van der Waals surface area contributed by atoms with Crippen LogP contribution in [0.2, 0.25) is 10.0 Å². The second kappa shape index (κ2) is 7.15. The van der Waals surface area contributed by atoms with Gasteiger partial charge in [-0.2, -0.15) is 0 Å². The summed E-state index contributed by atoms with van der Waals surface area (Å²) in [5, 5.41) is 11.8. The maximum absolute atomic E-state index is 12.0. The predicted molar refractivity (Wildman–Crippen MR) is 96.7 cm³/mol. The van der Waals surface area contributed by atoms with Gasteiger partial charge in [-0.15, -0.1) is 0 Å². The molecule has 1 aliphatic heterocycles. The third-order valence-electron chi connectivity index (χ3n) is 3.49. The van der Waals surface area contributed by atoms with Crippen LogP contribution in [0.3, 0.4) is 0 Å². The van der Waals surface area contributed by atoms with E-state index in [1.807, 2.05) is 0 Å². The number of rotatable bonds is 4. The predicted octanol–water partition coefficient (Wildman–Crippen LogP) is 4.25. The van der Waals surface area contributed by atoms with Crippen molar-refractivity contribution in [3.8, 4) is 5.75 Å². The van der Waals surface area contributed by atoms with E-state index in [0.29, 0.717) is 16.1 Å². The number of nitro benzene ring substituents is 1. The first-order valence-electron chi connectivity index (χ1n) is 7.19. The maximum atomic E-state index is 12.0. The maximum Gasteiger partial charge on any atom is 0.363 e. The van der Waals surface area contributed by atoms with Gasteiger partial charge >= 0.3 is 11.7 Å². The number of hydrogen-bond donors (Lipinski definition) is 0. The lowest BCUT2D eigenvalue weighted by Gasteiger charge is -2.02. The molecule has 0 amide bonds. The van der Waals surface area contributed by atoms with Crippen LogP contribution in [0.1, 0.15) is 11.1 Å². The highest BCUT2D eigenvalue weighted by atomic mass is 35.5. The van der Waals surface area contributed by atoms with Crippen LogP contribution in [-0.4, -0.2) is 23.9 Å². The van der Waals surface area contributed by atoms with Gasteiger partial charge in [0.05, 0.1) is 22.6 Å². The van der Waals surface area contributed by atoms with Gasteiger partial charge in [-0.3, -0.25) is 10.1 Å². The van der Waals surface area contributed by atoms with Crippen LogP contribution < -0.4 is 4.74 Å². The Balaban J connectivity index is 1.99. The molecule has 0 saturated heterocycles. The van der Waals surface area contributed by atoms with Gasteiger partial charge in [0.2, 0.25) is 5.90 Å². The number of methoxy groups -OCH3 is 1. The molecule has 0 unspecified atom stereocenters. The highest BCUT2D eigenvalue weighted by molar-refractivity contribution is 6.37. The fraction of sp³-hybridized carbons (Fsp3) is 0.0588. The number of ether oxygens (including phenoxy) is 2. The van der Waals surface area contributed by atoms with Crippen molar-refractivity contribution < 1.29 is 19.2 Å². The van der Waals surface area contributed by atoms with E-state index in [0.717, 1.165) is 0 Å². The molecule has 0 bridgehead atoms. The number of aliphatic imine (C=N–C) groups is 1. The molecule has 0 atom stereocenters. The smallest absolute Gasteiger partial charge is 0.363 e. The summed E-state index contributed by atoms with van der Waals surface area (Å²) in [4.78, 5) is 26.7. The molecule has 0 fully saturated rings. The van der Waals surface area contributed by atoms with Gasteiger partial charge in [0, 0.05) is 11.1 Å². The molecular weight excluding hydrogens is 383 g/mol. The Morgan fingerprint density at radius 1 is 1.23 bits per heavy atom. The minimum atomic E-state index is -0.690. The third-order valence-corrected chi connectivity index (χ3v) is 4.03. The lowest BCUT2D eigenvalue weighted by molar-refractivity contribution is -0.385. The lowest BCUT2D eigenvalue weighted by Crippen LogP contribution is -2.05. The fourth-order valence-electron chi connectivity index (χ4n) is 2.28. The summed E-state index contributed by atoms with van der Waals surface area (Å²) in [7, 11) is 1.33.